The molecule has 6 rings (SSSR count). The molecule has 0 radical (unpaired) electrons. The van der Waals surface area contributed by atoms with Crippen LogP contribution in [0.4, 0.5) is 17.5 Å². The van der Waals surface area contributed by atoms with Gasteiger partial charge in [0.05, 0.1) is 17.0 Å². The monoisotopic (exact) mass is 601 g/mol. The van der Waals surface area contributed by atoms with Crippen LogP contribution in [0.25, 0.3) is 22.5 Å². The van der Waals surface area contributed by atoms with Crippen LogP contribution < -0.4 is 15.4 Å². The predicted molar refractivity (Wildman–Crippen MR) is 179 cm³/mol. The Morgan fingerprint density at radius 3 is 2.44 bits per heavy atom. The molecule has 0 atom stereocenters. The summed E-state index contributed by atoms with van der Waals surface area (Å²) < 4.78 is 6.24. The quantitative estimate of drug-likeness (QED) is 0.162. The van der Waals surface area contributed by atoms with Crippen LogP contribution in [0.1, 0.15) is 18.9 Å². The number of likely N-dealkylation sites (N-methyl/N-ethyl adjacent to an activating group) is 1. The number of aryl methyl sites for hydroxylation is 1. The summed E-state index contributed by atoms with van der Waals surface area (Å²) in [5, 5.41) is 15.7. The Bertz CT molecular complexity index is 1670. The second-order valence-corrected chi connectivity index (χ2v) is 11.1. The molecule has 4 heterocycles. The van der Waals surface area contributed by atoms with Gasteiger partial charge in [-0.2, -0.15) is 0 Å². The zero-order valence-corrected chi connectivity index (χ0v) is 25.9. The Balaban J connectivity index is 1.08. The van der Waals surface area contributed by atoms with E-state index in [1.807, 2.05) is 72.8 Å². The van der Waals surface area contributed by atoms with Crippen LogP contribution in [0, 0.1) is 0 Å². The lowest BCUT2D eigenvalue weighted by Gasteiger charge is -2.32. The van der Waals surface area contributed by atoms with Crippen molar-refractivity contribution in [1.82, 2.24) is 34.9 Å². The van der Waals surface area contributed by atoms with Gasteiger partial charge in [0.15, 0.2) is 5.82 Å². The molecule has 230 valence electrons. The van der Waals surface area contributed by atoms with E-state index in [1.54, 1.807) is 12.4 Å². The van der Waals surface area contributed by atoms with Gasteiger partial charge in [0.25, 0.3) is 0 Å². The van der Waals surface area contributed by atoms with Crippen LogP contribution in [0.5, 0.6) is 11.6 Å². The minimum absolute atomic E-state index is 0.480. The SMILES string of the molecule is CCc1cc(-c2ccccc2)nnc1Nc1ccc(Oc2ncccc2-c2ccnc(NCCCN3CCN(C)CC3)n2)cc1. The number of rotatable bonds is 12. The van der Waals surface area contributed by atoms with Gasteiger partial charge >= 0.3 is 0 Å². The Morgan fingerprint density at radius 2 is 1.64 bits per heavy atom. The predicted octanol–water partition coefficient (Wildman–Crippen LogP) is 6.14. The molecule has 0 bridgehead atoms. The molecular formula is C35H39N9O. The van der Waals surface area contributed by atoms with E-state index >= 15 is 0 Å². The number of ether oxygens (including phenoxy) is 1. The highest BCUT2D eigenvalue weighted by Gasteiger charge is 2.14. The summed E-state index contributed by atoms with van der Waals surface area (Å²) in [6.07, 6.45) is 5.35. The van der Waals surface area contributed by atoms with E-state index in [-0.39, 0.29) is 0 Å². The summed E-state index contributed by atoms with van der Waals surface area (Å²) in [4.78, 5) is 18.6. The topological polar surface area (TPSA) is 104 Å². The van der Waals surface area contributed by atoms with Crippen LogP contribution in [-0.2, 0) is 6.42 Å². The van der Waals surface area contributed by atoms with E-state index < -0.39 is 0 Å². The molecule has 1 saturated heterocycles. The number of hydrogen-bond acceptors (Lipinski definition) is 10. The summed E-state index contributed by atoms with van der Waals surface area (Å²) in [6, 6.07) is 25.6. The summed E-state index contributed by atoms with van der Waals surface area (Å²) >= 11 is 0. The van der Waals surface area contributed by atoms with E-state index in [0.29, 0.717) is 17.6 Å². The zero-order chi connectivity index (χ0) is 30.8. The van der Waals surface area contributed by atoms with Crippen LogP contribution in [-0.4, -0.2) is 81.3 Å². The van der Waals surface area contributed by atoms with Crippen molar-refractivity contribution in [2.24, 2.45) is 0 Å². The molecule has 0 unspecified atom stereocenters. The Kier molecular flexibility index (Phi) is 9.83. The molecule has 0 aliphatic carbocycles. The van der Waals surface area contributed by atoms with E-state index in [9.17, 15) is 0 Å². The van der Waals surface area contributed by atoms with Gasteiger partial charge in [-0.15, -0.1) is 10.2 Å². The van der Waals surface area contributed by atoms with Crippen LogP contribution >= 0.6 is 0 Å². The first kappa shape index (κ1) is 30.1. The third kappa shape index (κ3) is 7.97. The minimum Gasteiger partial charge on any atom is -0.438 e. The van der Waals surface area contributed by atoms with Gasteiger partial charge < -0.3 is 25.2 Å². The number of anilines is 3. The second kappa shape index (κ2) is 14.7. The molecule has 1 fully saturated rings. The lowest BCUT2D eigenvalue weighted by atomic mass is 10.1. The molecule has 2 N–H and O–H groups in total. The highest BCUT2D eigenvalue weighted by atomic mass is 16.5. The fourth-order valence-electron chi connectivity index (χ4n) is 5.25. The van der Waals surface area contributed by atoms with E-state index in [2.05, 4.69) is 60.6 Å². The average Bonchev–Trinajstić information content (AvgIpc) is 3.09. The van der Waals surface area contributed by atoms with Crippen LogP contribution in [0.3, 0.4) is 0 Å². The summed E-state index contributed by atoms with van der Waals surface area (Å²) in [5.41, 5.74) is 5.44. The molecular weight excluding hydrogens is 562 g/mol. The van der Waals surface area contributed by atoms with Crippen molar-refractivity contribution < 1.29 is 4.74 Å². The van der Waals surface area contributed by atoms with Gasteiger partial charge in [-0.05, 0) is 80.5 Å². The molecule has 10 nitrogen and oxygen atoms in total. The van der Waals surface area contributed by atoms with Crippen LogP contribution in [0.15, 0.2) is 91.3 Å². The molecule has 3 aromatic heterocycles. The number of piperazine rings is 1. The first-order valence-electron chi connectivity index (χ1n) is 15.5. The van der Waals surface area contributed by atoms with Crippen molar-refractivity contribution in [3.63, 3.8) is 0 Å². The molecule has 45 heavy (non-hydrogen) atoms. The zero-order valence-electron chi connectivity index (χ0n) is 25.9. The Morgan fingerprint density at radius 1 is 0.822 bits per heavy atom. The van der Waals surface area contributed by atoms with Gasteiger partial charge in [-0.25, -0.2) is 15.0 Å². The smallest absolute Gasteiger partial charge is 0.228 e. The van der Waals surface area contributed by atoms with Crippen LogP contribution in [0.2, 0.25) is 0 Å². The maximum absolute atomic E-state index is 6.24. The minimum atomic E-state index is 0.480. The van der Waals surface area contributed by atoms with Gasteiger partial charge in [0.1, 0.15) is 5.75 Å². The number of pyridine rings is 1. The van der Waals surface area contributed by atoms with E-state index in [1.165, 1.54) is 0 Å². The summed E-state index contributed by atoms with van der Waals surface area (Å²) in [6.45, 7) is 8.52. The first-order chi connectivity index (χ1) is 22.1. The van der Waals surface area contributed by atoms with E-state index in [4.69, 9.17) is 9.72 Å². The Labute approximate surface area is 264 Å². The number of benzene rings is 2. The number of nitrogens with zero attached hydrogens (tertiary/aromatic N) is 7. The van der Waals surface area contributed by atoms with Gasteiger partial charge in [0, 0.05) is 56.4 Å². The standard InChI is InChI=1S/C35H39N9O/c1-3-26-25-32(27-9-5-4-6-10-27)41-42-33(26)39-28-12-14-29(15-13-28)45-34-30(11-7-17-36-34)31-16-19-38-35(40-31)37-18-8-20-44-23-21-43(2)22-24-44/h4-7,9-17,19,25H,3,8,18,20-24H2,1-2H3,(H,39,42)(H,37,38,40). The molecule has 0 spiro atoms. The first-order valence-corrected chi connectivity index (χ1v) is 15.5. The maximum Gasteiger partial charge on any atom is 0.228 e. The summed E-state index contributed by atoms with van der Waals surface area (Å²) in [5.74, 6) is 2.49. The highest BCUT2D eigenvalue weighted by Crippen LogP contribution is 2.31. The van der Waals surface area contributed by atoms with Gasteiger partial charge in [-0.1, -0.05) is 37.3 Å². The van der Waals surface area contributed by atoms with Crippen molar-refractivity contribution in [1.29, 1.82) is 0 Å². The Hall–Kier alpha value is -4.93. The van der Waals surface area contributed by atoms with Crippen molar-refractivity contribution in [2.75, 3.05) is 56.9 Å². The largest absolute Gasteiger partial charge is 0.438 e. The average molecular weight is 602 g/mol. The maximum atomic E-state index is 6.24. The molecule has 5 aromatic rings. The van der Waals surface area contributed by atoms with Gasteiger partial charge in [-0.3, -0.25) is 0 Å². The van der Waals surface area contributed by atoms with Crippen molar-refractivity contribution >= 4 is 17.5 Å². The number of nitrogens with one attached hydrogen (secondary N) is 2. The molecule has 10 heteroatoms. The fraction of sp³-hybridized carbons (Fsp3) is 0.286. The third-order valence-electron chi connectivity index (χ3n) is 7.89. The van der Waals surface area contributed by atoms with Crippen molar-refractivity contribution in [3.8, 4) is 34.1 Å². The molecule has 1 aliphatic heterocycles. The summed E-state index contributed by atoms with van der Waals surface area (Å²) in [7, 11) is 2.18. The third-order valence-corrected chi connectivity index (χ3v) is 7.89. The van der Waals surface area contributed by atoms with Crippen molar-refractivity contribution in [3.05, 3.63) is 96.8 Å². The molecule has 0 saturated carbocycles. The normalized spacial score (nSPS) is 13.8. The highest BCUT2D eigenvalue weighted by molar-refractivity contribution is 5.67. The van der Waals surface area contributed by atoms with Gasteiger partial charge in [0.2, 0.25) is 11.8 Å². The lowest BCUT2D eigenvalue weighted by Crippen LogP contribution is -2.44. The van der Waals surface area contributed by atoms with E-state index in [0.717, 1.165) is 91.7 Å². The molecule has 0 amide bonds. The second-order valence-electron chi connectivity index (χ2n) is 11.1. The lowest BCUT2D eigenvalue weighted by molar-refractivity contribution is 0.154. The van der Waals surface area contributed by atoms with Crippen molar-refractivity contribution in [2.45, 2.75) is 19.8 Å². The number of aromatic nitrogens is 5. The molecule has 1 aliphatic rings. The fourth-order valence-corrected chi connectivity index (χ4v) is 5.25. The molecule has 2 aromatic carbocycles. The number of hydrogen-bond donors (Lipinski definition) is 2.